The first-order valence-corrected chi connectivity index (χ1v) is 8.41. The number of hydrogen-bond acceptors (Lipinski definition) is 3. The van der Waals surface area contributed by atoms with Gasteiger partial charge in [-0.15, -0.1) is 0 Å². The standard InChI is InChI=1S/C18H14Cl2F2N2O2/c1-17(21,22)18(26)10-15(11-5-7-13(19)8-6-11)23-24(18)16(25)12-3-2-4-14(20)9-12/h2-9,26H,10H2,1H3/t18-/m0/s1. The van der Waals surface area contributed by atoms with Crippen molar-refractivity contribution >= 4 is 34.8 Å². The molecule has 0 saturated carbocycles. The molecule has 0 bridgehead atoms. The van der Waals surface area contributed by atoms with E-state index in [2.05, 4.69) is 5.10 Å². The Balaban J connectivity index is 2.05. The second kappa shape index (κ2) is 6.61. The van der Waals surface area contributed by atoms with Gasteiger partial charge < -0.3 is 5.11 Å². The maximum atomic E-state index is 14.2. The topological polar surface area (TPSA) is 52.9 Å². The van der Waals surface area contributed by atoms with Crippen LogP contribution in [0.15, 0.2) is 53.6 Å². The molecule has 136 valence electrons. The lowest BCUT2D eigenvalue weighted by Crippen LogP contribution is -2.57. The number of hydrazone groups is 1. The fourth-order valence-electron chi connectivity index (χ4n) is 2.65. The number of carbonyl (C=O) groups is 1. The van der Waals surface area contributed by atoms with E-state index in [1.54, 1.807) is 30.3 Å². The van der Waals surface area contributed by atoms with Crippen LogP contribution in [-0.4, -0.2) is 33.4 Å². The number of carbonyl (C=O) groups excluding carboxylic acids is 1. The van der Waals surface area contributed by atoms with Crippen molar-refractivity contribution in [3.05, 3.63) is 69.7 Å². The Hall–Kier alpha value is -2.02. The third-order valence-corrected chi connectivity index (χ3v) is 4.62. The summed E-state index contributed by atoms with van der Waals surface area (Å²) < 4.78 is 28.4. The van der Waals surface area contributed by atoms with Gasteiger partial charge in [0.2, 0.25) is 5.72 Å². The maximum absolute atomic E-state index is 14.2. The van der Waals surface area contributed by atoms with E-state index in [0.29, 0.717) is 22.5 Å². The predicted molar refractivity (Wildman–Crippen MR) is 95.8 cm³/mol. The van der Waals surface area contributed by atoms with Gasteiger partial charge in [0.15, 0.2) is 0 Å². The summed E-state index contributed by atoms with van der Waals surface area (Å²) in [6, 6.07) is 12.1. The molecule has 8 heteroatoms. The molecular weight excluding hydrogens is 385 g/mol. The molecule has 1 amide bonds. The summed E-state index contributed by atoms with van der Waals surface area (Å²) in [7, 11) is 0. The molecule has 0 radical (unpaired) electrons. The van der Waals surface area contributed by atoms with E-state index in [9.17, 15) is 18.7 Å². The zero-order valence-electron chi connectivity index (χ0n) is 13.6. The third kappa shape index (κ3) is 3.32. The number of hydrogen-bond donors (Lipinski definition) is 1. The Bertz CT molecular complexity index is 882. The quantitative estimate of drug-likeness (QED) is 0.821. The Morgan fingerprint density at radius 3 is 2.42 bits per heavy atom. The molecule has 2 aromatic rings. The fourth-order valence-corrected chi connectivity index (χ4v) is 2.96. The summed E-state index contributed by atoms with van der Waals surface area (Å²) in [4.78, 5) is 12.7. The molecule has 0 spiro atoms. The van der Waals surface area contributed by atoms with Crippen molar-refractivity contribution in [1.29, 1.82) is 0 Å². The lowest BCUT2D eigenvalue weighted by Gasteiger charge is -2.35. The van der Waals surface area contributed by atoms with E-state index in [1.165, 1.54) is 18.2 Å². The van der Waals surface area contributed by atoms with E-state index in [4.69, 9.17) is 23.2 Å². The largest absolute Gasteiger partial charge is 0.364 e. The molecule has 2 aromatic carbocycles. The van der Waals surface area contributed by atoms with Gasteiger partial charge in [-0.1, -0.05) is 41.4 Å². The number of rotatable bonds is 3. The molecule has 0 unspecified atom stereocenters. The Labute approximate surface area is 158 Å². The van der Waals surface area contributed by atoms with Gasteiger partial charge in [-0.25, -0.2) is 8.78 Å². The Morgan fingerprint density at radius 1 is 1.19 bits per heavy atom. The first kappa shape index (κ1) is 18.8. The normalized spacial score (nSPS) is 20.2. The smallest absolute Gasteiger partial charge is 0.294 e. The highest BCUT2D eigenvalue weighted by atomic mass is 35.5. The number of benzene rings is 2. The van der Waals surface area contributed by atoms with Crippen molar-refractivity contribution in [3.63, 3.8) is 0 Å². The maximum Gasteiger partial charge on any atom is 0.294 e. The summed E-state index contributed by atoms with van der Waals surface area (Å²) in [6.45, 7) is 0.547. The van der Waals surface area contributed by atoms with Gasteiger partial charge in [0, 0.05) is 29.0 Å². The van der Waals surface area contributed by atoms with Gasteiger partial charge in [0.25, 0.3) is 11.8 Å². The number of alkyl halides is 2. The van der Waals surface area contributed by atoms with Crippen molar-refractivity contribution < 1.29 is 18.7 Å². The minimum Gasteiger partial charge on any atom is -0.364 e. The van der Waals surface area contributed by atoms with E-state index in [1.807, 2.05) is 0 Å². The molecule has 1 N–H and O–H groups in total. The highest BCUT2D eigenvalue weighted by Gasteiger charge is 2.59. The molecule has 1 atom stereocenters. The minimum atomic E-state index is -3.61. The molecule has 0 saturated heterocycles. The minimum absolute atomic E-state index is 0.0429. The number of aliphatic hydroxyl groups is 1. The zero-order valence-corrected chi connectivity index (χ0v) is 15.1. The lowest BCUT2D eigenvalue weighted by atomic mass is 9.96. The molecule has 1 aliphatic rings. The third-order valence-electron chi connectivity index (χ3n) is 4.13. The van der Waals surface area contributed by atoms with Crippen LogP contribution in [0.25, 0.3) is 0 Å². The molecule has 1 aliphatic heterocycles. The van der Waals surface area contributed by atoms with Gasteiger partial charge in [0.05, 0.1) is 5.71 Å². The summed E-state index contributed by atoms with van der Waals surface area (Å²) >= 11 is 11.7. The van der Waals surface area contributed by atoms with Crippen molar-refractivity contribution in [2.45, 2.75) is 25.0 Å². The van der Waals surface area contributed by atoms with Crippen molar-refractivity contribution in [1.82, 2.24) is 5.01 Å². The van der Waals surface area contributed by atoms with E-state index >= 15 is 0 Å². The fraction of sp³-hybridized carbons (Fsp3) is 0.222. The second-order valence-corrected chi connectivity index (χ2v) is 6.94. The van der Waals surface area contributed by atoms with Crippen LogP contribution in [0.5, 0.6) is 0 Å². The summed E-state index contributed by atoms with van der Waals surface area (Å²) in [5.41, 5.74) is -2.11. The Kier molecular flexibility index (Phi) is 4.77. The average Bonchev–Trinajstić information content (AvgIpc) is 2.94. The molecule has 0 fully saturated rings. The van der Waals surface area contributed by atoms with Crippen LogP contribution in [0.4, 0.5) is 8.78 Å². The number of halogens is 4. The molecule has 1 heterocycles. The highest BCUT2D eigenvalue weighted by Crippen LogP contribution is 2.41. The number of amides is 1. The van der Waals surface area contributed by atoms with Gasteiger partial charge in [-0.05, 0) is 35.9 Å². The van der Waals surface area contributed by atoms with Crippen LogP contribution < -0.4 is 0 Å². The summed E-state index contributed by atoms with van der Waals surface area (Å²) in [5, 5.41) is 15.8. The van der Waals surface area contributed by atoms with Crippen LogP contribution in [0.2, 0.25) is 10.0 Å². The monoisotopic (exact) mass is 398 g/mol. The number of nitrogens with zero attached hydrogens (tertiary/aromatic N) is 2. The van der Waals surface area contributed by atoms with Gasteiger partial charge >= 0.3 is 0 Å². The van der Waals surface area contributed by atoms with Crippen LogP contribution in [0.3, 0.4) is 0 Å². The molecule has 4 nitrogen and oxygen atoms in total. The predicted octanol–water partition coefficient (Wildman–Crippen LogP) is 4.59. The molecular formula is C18H14Cl2F2N2O2. The van der Waals surface area contributed by atoms with Crippen LogP contribution >= 0.6 is 23.2 Å². The van der Waals surface area contributed by atoms with Crippen LogP contribution in [0.1, 0.15) is 29.3 Å². The summed E-state index contributed by atoms with van der Waals surface area (Å²) in [5.74, 6) is -4.49. The van der Waals surface area contributed by atoms with Crippen molar-refractivity contribution in [3.8, 4) is 0 Å². The van der Waals surface area contributed by atoms with E-state index in [0.717, 1.165) is 0 Å². The zero-order chi connectivity index (χ0) is 19.1. The molecule has 3 rings (SSSR count). The highest BCUT2D eigenvalue weighted by molar-refractivity contribution is 6.31. The van der Waals surface area contributed by atoms with E-state index < -0.39 is 24.0 Å². The van der Waals surface area contributed by atoms with Crippen molar-refractivity contribution in [2.24, 2.45) is 5.10 Å². The van der Waals surface area contributed by atoms with Gasteiger partial charge in [-0.3, -0.25) is 4.79 Å². The first-order chi connectivity index (χ1) is 12.1. The van der Waals surface area contributed by atoms with Crippen LogP contribution in [0, 0.1) is 0 Å². The molecule has 26 heavy (non-hydrogen) atoms. The molecule has 0 aliphatic carbocycles. The van der Waals surface area contributed by atoms with Gasteiger partial charge in [0.1, 0.15) is 0 Å². The second-order valence-electron chi connectivity index (χ2n) is 6.06. The lowest BCUT2D eigenvalue weighted by molar-refractivity contribution is -0.222. The first-order valence-electron chi connectivity index (χ1n) is 7.65. The van der Waals surface area contributed by atoms with Crippen molar-refractivity contribution in [2.75, 3.05) is 0 Å². The van der Waals surface area contributed by atoms with Gasteiger partial charge in [-0.2, -0.15) is 10.1 Å². The molecule has 0 aromatic heterocycles. The van der Waals surface area contributed by atoms with Crippen LogP contribution in [-0.2, 0) is 0 Å². The van der Waals surface area contributed by atoms with E-state index in [-0.39, 0.29) is 16.3 Å². The SMILES string of the molecule is CC(F)(F)[C@@]1(O)CC(c2ccc(Cl)cc2)=NN1C(=O)c1cccc(Cl)c1. The Morgan fingerprint density at radius 2 is 1.85 bits per heavy atom. The summed E-state index contributed by atoms with van der Waals surface area (Å²) in [6.07, 6.45) is -0.523. The average molecular weight is 399 g/mol.